The van der Waals surface area contributed by atoms with Crippen molar-refractivity contribution in [2.75, 3.05) is 0 Å². The van der Waals surface area contributed by atoms with Gasteiger partial charge in [0.1, 0.15) is 71.2 Å². The minimum atomic E-state index is -1.03. The number of aryl methyl sites for hydroxylation is 4. The molecule has 0 bridgehead atoms. The fourth-order valence-electron chi connectivity index (χ4n) is 11.9. The molecule has 0 saturated heterocycles. The first-order valence-electron chi connectivity index (χ1n) is 35.7. The number of thiophene rings is 4. The Balaban J connectivity index is 0.000000138. The maximum Gasteiger partial charge on any atom is 0.328 e. The van der Waals surface area contributed by atoms with E-state index in [-0.39, 0.29) is 57.7 Å². The Kier molecular flexibility index (Phi) is 25.1. The molecule has 0 aliphatic rings. The van der Waals surface area contributed by atoms with Crippen molar-refractivity contribution in [1.82, 2.24) is 23.7 Å². The van der Waals surface area contributed by atoms with Crippen LogP contribution in [0.25, 0.3) is 64.6 Å². The van der Waals surface area contributed by atoms with E-state index in [0.717, 1.165) is 44.7 Å². The van der Waals surface area contributed by atoms with Gasteiger partial charge in [-0.25, -0.2) is 29.1 Å². The number of rotatable bonds is 24. The lowest BCUT2D eigenvalue weighted by molar-refractivity contribution is -0.132. The number of phenols is 4. The molecule has 0 spiro atoms. The summed E-state index contributed by atoms with van der Waals surface area (Å²) in [5.41, 5.74) is 4.50. The Labute approximate surface area is 695 Å². The first-order valence-corrected chi connectivity index (χ1v) is 39.0. The molecule has 0 atom stereocenters. The van der Waals surface area contributed by atoms with Gasteiger partial charge >= 0.3 is 23.9 Å². The SMILES string of the molecule is Cc1ccoc1C(=O)c1sc2cc(O)ccc2c1Oc1ccc(/C=C/C(=O)O)cc1.Cn1cccc1C(=O)c1sc2cc(O)ccc2c1Oc1ccc(/C=C/C(=O)O)cc1.Cn1ccnc1C(=O)c1sc2cc(O)ccc2c1Oc1ccc(/C=C/C(=O)O)cc1.Cn1cncc1C(=O)c1sc2cc(O)ccc2c1Oc1ccc(/C=C/C(=O)O)cc1. The molecule has 16 rings (SSSR count). The van der Waals surface area contributed by atoms with E-state index >= 15 is 0 Å². The van der Waals surface area contributed by atoms with Crippen LogP contribution < -0.4 is 18.9 Å². The molecule has 0 saturated carbocycles. The summed E-state index contributed by atoms with van der Waals surface area (Å²) in [6.45, 7) is 1.79. The van der Waals surface area contributed by atoms with Crippen LogP contribution in [0, 0.1) is 6.92 Å². The molecule has 0 aliphatic heterocycles. The summed E-state index contributed by atoms with van der Waals surface area (Å²) in [5.74, 6) is -0.573. The number of aromatic hydroxyl groups is 4. The number of carbonyl (C=O) groups excluding carboxylic acids is 4. The van der Waals surface area contributed by atoms with E-state index in [1.807, 2.05) is 0 Å². The number of nitrogens with zero attached hydrogens (tertiary/aromatic N) is 5. The molecule has 120 heavy (non-hydrogen) atoms. The fraction of sp³-hybridized carbons (Fsp3) is 0.0444. The minimum Gasteiger partial charge on any atom is -0.508 e. The Morgan fingerprint density at radius 1 is 0.383 bits per heavy atom. The molecule has 0 aliphatic carbocycles. The molecular weight excluding hydrogens is 1620 g/mol. The maximum absolute atomic E-state index is 13.2. The third kappa shape index (κ3) is 19.5. The largest absolute Gasteiger partial charge is 0.508 e. The van der Waals surface area contributed by atoms with Crippen molar-refractivity contribution in [2.24, 2.45) is 21.1 Å². The molecule has 600 valence electrons. The minimum absolute atomic E-state index is 0.0954. The number of hydrogen-bond donors (Lipinski definition) is 8. The number of carboxylic acids is 4. The Morgan fingerprint density at radius 3 is 1.00 bits per heavy atom. The smallest absolute Gasteiger partial charge is 0.328 e. The van der Waals surface area contributed by atoms with Crippen LogP contribution in [-0.2, 0) is 40.3 Å². The predicted octanol–water partition coefficient (Wildman–Crippen LogP) is 19.6. The average Bonchev–Trinajstić information content (AvgIpc) is 1.64. The quantitative estimate of drug-likeness (QED) is 0.0206. The molecule has 16 aromatic rings. The standard InChI is InChI=1S/C23H17NO5S.C23H16O6S.2C22H16N2O5S/c1-24-12-2-3-18(24)21(28)23-22(17-10-7-15(25)13-19(17)30-23)29-16-8-4-14(5-9-16)6-11-20(26)27;1-13-10-11-28-21(13)20(27)23-22(17-8-5-15(24)12-18(17)30-23)29-16-6-2-14(3-7-16)4-9-19(25)26;1-24-12-23-11-17(24)20(28)22-21(16-8-5-14(25)10-18(16)30-22)29-15-6-2-13(3-7-15)4-9-19(26)27;1-24-11-10-23-22(24)19(28)21-20(16-8-5-14(25)12-17(16)30-21)29-15-6-2-13(3-7-15)4-9-18(26)27/h2-13,25H,1H3,(H,26,27);2-12,24H,1H3,(H,25,26);2*2-12,25H,1H3,(H,26,27)/b11-6+;3*9-4+. The van der Waals surface area contributed by atoms with Gasteiger partial charge in [-0.3, -0.25) is 19.2 Å². The van der Waals surface area contributed by atoms with E-state index in [0.29, 0.717) is 125 Å². The van der Waals surface area contributed by atoms with E-state index in [1.54, 1.807) is 243 Å². The van der Waals surface area contributed by atoms with Gasteiger partial charge in [0.15, 0.2) is 34.6 Å². The van der Waals surface area contributed by atoms with E-state index in [1.165, 1.54) is 94.2 Å². The third-order valence-electron chi connectivity index (χ3n) is 17.7. The number of benzene rings is 8. The molecule has 8 aromatic carbocycles. The zero-order valence-corrected chi connectivity index (χ0v) is 66.5. The second-order valence-corrected chi connectivity index (χ2v) is 30.3. The number of carbonyl (C=O) groups is 8. The van der Waals surface area contributed by atoms with Crippen LogP contribution >= 0.6 is 45.3 Å². The molecule has 8 aromatic heterocycles. The zero-order chi connectivity index (χ0) is 85.0. The molecule has 8 N–H and O–H groups in total. The van der Waals surface area contributed by atoms with Gasteiger partial charge in [-0.1, -0.05) is 48.5 Å². The zero-order valence-electron chi connectivity index (χ0n) is 63.2. The van der Waals surface area contributed by atoms with E-state index in [9.17, 15) is 58.8 Å². The van der Waals surface area contributed by atoms with Crippen molar-refractivity contribution in [3.63, 3.8) is 0 Å². The number of phenolic OH excluding ortho intramolecular Hbond substituents is 4. The Bertz CT molecular complexity index is 5940. The monoisotopic (exact) mass is 1680 g/mol. The van der Waals surface area contributed by atoms with Gasteiger partial charge in [0, 0.05) is 104 Å². The number of carboxylic acid groups (broad SMARTS) is 4. The normalized spacial score (nSPS) is 11.2. The van der Waals surface area contributed by atoms with Crippen molar-refractivity contribution in [3.8, 4) is 69.0 Å². The van der Waals surface area contributed by atoms with Crippen LogP contribution in [0.4, 0.5) is 0 Å². The summed E-state index contributed by atoms with van der Waals surface area (Å²) >= 11 is 4.94. The second-order valence-electron chi connectivity index (χ2n) is 26.1. The van der Waals surface area contributed by atoms with Gasteiger partial charge in [-0.15, -0.1) is 45.3 Å². The lowest BCUT2D eigenvalue weighted by Gasteiger charge is -2.08. The summed E-state index contributed by atoms with van der Waals surface area (Å²) < 4.78 is 37.6. The highest BCUT2D eigenvalue weighted by molar-refractivity contribution is 7.22. The topological polar surface area (TPSA) is 389 Å². The lowest BCUT2D eigenvalue weighted by Crippen LogP contribution is -2.08. The van der Waals surface area contributed by atoms with Crippen LogP contribution in [0.15, 0.2) is 254 Å². The van der Waals surface area contributed by atoms with Crippen LogP contribution in [0.1, 0.15) is 89.5 Å². The van der Waals surface area contributed by atoms with Crippen LogP contribution in [0.5, 0.6) is 69.0 Å². The molecule has 0 amide bonds. The number of hydrogen-bond acceptors (Lipinski definition) is 23. The number of fused-ring (bicyclic) bond motifs is 4. The predicted molar refractivity (Wildman–Crippen MR) is 456 cm³/mol. The molecule has 0 fully saturated rings. The summed E-state index contributed by atoms with van der Waals surface area (Å²) in [7, 11) is 5.28. The van der Waals surface area contributed by atoms with Crippen molar-refractivity contribution in [1.29, 1.82) is 0 Å². The van der Waals surface area contributed by atoms with Crippen molar-refractivity contribution < 1.29 is 103 Å². The van der Waals surface area contributed by atoms with E-state index in [4.69, 9.17) is 43.8 Å². The first-order chi connectivity index (χ1) is 57.7. The lowest BCUT2D eigenvalue weighted by atomic mass is 10.1. The number of imidazole rings is 2. The number of ketones is 4. The highest BCUT2D eigenvalue weighted by atomic mass is 32.1. The second kappa shape index (κ2) is 36.5. The number of furan rings is 1. The Morgan fingerprint density at radius 2 is 0.717 bits per heavy atom. The highest BCUT2D eigenvalue weighted by Gasteiger charge is 2.30. The van der Waals surface area contributed by atoms with E-state index in [2.05, 4.69) is 9.97 Å². The number of aliphatic carboxylic acids is 4. The Hall–Kier alpha value is -15.5. The van der Waals surface area contributed by atoms with Gasteiger partial charge in [0.2, 0.25) is 23.1 Å². The number of aromatic nitrogens is 5. The molecule has 0 unspecified atom stereocenters. The molecule has 8 heterocycles. The van der Waals surface area contributed by atoms with Crippen molar-refractivity contribution in [2.45, 2.75) is 6.92 Å². The van der Waals surface area contributed by atoms with Gasteiger partial charge in [0.25, 0.3) is 0 Å². The van der Waals surface area contributed by atoms with Gasteiger partial charge < -0.3 is 77.9 Å². The van der Waals surface area contributed by atoms with Gasteiger partial charge in [-0.2, -0.15) is 0 Å². The van der Waals surface area contributed by atoms with Crippen LogP contribution in [0.3, 0.4) is 0 Å². The van der Waals surface area contributed by atoms with Crippen molar-refractivity contribution >= 4 is 157 Å². The van der Waals surface area contributed by atoms with Gasteiger partial charge in [0.05, 0.1) is 24.5 Å². The molecular formula is C90H65N5O21S4. The summed E-state index contributed by atoms with van der Waals surface area (Å²) in [6.07, 6.45) is 19.7. The maximum atomic E-state index is 13.2. The average molecular weight is 1680 g/mol. The molecule has 30 heteroatoms. The molecule has 26 nitrogen and oxygen atoms in total. The first kappa shape index (κ1) is 82.5. The van der Waals surface area contributed by atoms with Gasteiger partial charge in [-0.05, 0) is 199 Å². The molecule has 0 radical (unpaired) electrons. The van der Waals surface area contributed by atoms with E-state index < -0.39 is 23.9 Å². The number of ether oxygens (including phenoxy) is 4. The third-order valence-corrected chi connectivity index (χ3v) is 22.3. The van der Waals surface area contributed by atoms with Crippen LogP contribution in [0.2, 0.25) is 0 Å². The highest BCUT2D eigenvalue weighted by Crippen LogP contribution is 2.48. The summed E-state index contributed by atoms with van der Waals surface area (Å²) in [5, 5.41) is 77.1. The van der Waals surface area contributed by atoms with Crippen LogP contribution in [-0.4, -0.2) is 112 Å². The summed E-state index contributed by atoms with van der Waals surface area (Å²) in [6, 6.07) is 52.0. The van der Waals surface area contributed by atoms with Crippen molar-refractivity contribution in [3.05, 3.63) is 320 Å². The fourth-order valence-corrected chi connectivity index (χ4v) is 16.3. The summed E-state index contributed by atoms with van der Waals surface area (Å²) in [4.78, 5) is 105.